The van der Waals surface area contributed by atoms with Crippen molar-refractivity contribution in [2.45, 2.75) is 51.0 Å². The summed E-state index contributed by atoms with van der Waals surface area (Å²) in [5.74, 6) is -1.50. The van der Waals surface area contributed by atoms with E-state index >= 15 is 0 Å². The van der Waals surface area contributed by atoms with Crippen molar-refractivity contribution in [3.63, 3.8) is 0 Å². The Bertz CT molecular complexity index is 113. The molecule has 0 aromatic carbocycles. The van der Waals surface area contributed by atoms with Gasteiger partial charge in [-0.05, 0) is 33.1 Å². The summed E-state index contributed by atoms with van der Waals surface area (Å²) in [7, 11) is 0. The SMILES string of the molecule is CC(C)(O)O.NC1CCC(O)C1.[Y]. The van der Waals surface area contributed by atoms with Crippen molar-refractivity contribution in [3.8, 4) is 0 Å². The van der Waals surface area contributed by atoms with Gasteiger partial charge in [-0.25, -0.2) is 0 Å². The van der Waals surface area contributed by atoms with E-state index in [1.165, 1.54) is 13.8 Å². The molecule has 13 heavy (non-hydrogen) atoms. The molecule has 1 aliphatic carbocycles. The van der Waals surface area contributed by atoms with Crippen molar-refractivity contribution in [2.75, 3.05) is 0 Å². The quantitative estimate of drug-likeness (QED) is 0.448. The third-order valence-electron chi connectivity index (χ3n) is 1.45. The Morgan fingerprint density at radius 2 is 1.62 bits per heavy atom. The first-order valence-electron chi connectivity index (χ1n) is 4.17. The molecule has 1 aliphatic rings. The van der Waals surface area contributed by atoms with Crippen molar-refractivity contribution < 1.29 is 48.0 Å². The van der Waals surface area contributed by atoms with Gasteiger partial charge in [0.2, 0.25) is 0 Å². The van der Waals surface area contributed by atoms with Crippen LogP contribution < -0.4 is 5.73 Å². The molecule has 4 nitrogen and oxygen atoms in total. The van der Waals surface area contributed by atoms with Crippen LogP contribution in [0.4, 0.5) is 0 Å². The van der Waals surface area contributed by atoms with E-state index in [0.29, 0.717) is 0 Å². The number of aliphatic hydroxyl groups is 3. The van der Waals surface area contributed by atoms with Crippen LogP contribution in [0.5, 0.6) is 0 Å². The smallest absolute Gasteiger partial charge is 0.156 e. The van der Waals surface area contributed by atoms with E-state index in [0.717, 1.165) is 19.3 Å². The van der Waals surface area contributed by atoms with Crippen molar-refractivity contribution in [1.29, 1.82) is 0 Å². The van der Waals surface area contributed by atoms with Gasteiger partial charge >= 0.3 is 0 Å². The minimum absolute atomic E-state index is 0. The molecule has 5 N–H and O–H groups in total. The molecule has 0 bridgehead atoms. The van der Waals surface area contributed by atoms with Crippen LogP contribution in [0.25, 0.3) is 0 Å². The predicted molar refractivity (Wildman–Crippen MR) is 46.3 cm³/mol. The van der Waals surface area contributed by atoms with Crippen molar-refractivity contribution in [2.24, 2.45) is 5.73 Å². The molecular formula is C8H19NO3Y. The van der Waals surface area contributed by atoms with E-state index in [9.17, 15) is 0 Å². The zero-order valence-corrected chi connectivity index (χ0v) is 11.1. The molecule has 5 heteroatoms. The van der Waals surface area contributed by atoms with E-state index < -0.39 is 5.79 Å². The van der Waals surface area contributed by atoms with Gasteiger partial charge in [0.15, 0.2) is 5.79 Å². The van der Waals surface area contributed by atoms with Crippen LogP contribution in [-0.4, -0.2) is 33.3 Å². The Balaban J connectivity index is 0. The van der Waals surface area contributed by atoms with Crippen LogP contribution in [0.15, 0.2) is 0 Å². The summed E-state index contributed by atoms with van der Waals surface area (Å²) in [6, 6.07) is 0.273. The Hall–Kier alpha value is 0.944. The van der Waals surface area contributed by atoms with Crippen molar-refractivity contribution in [3.05, 3.63) is 0 Å². The third kappa shape index (κ3) is 15.7. The molecule has 0 spiro atoms. The summed E-state index contributed by atoms with van der Waals surface area (Å²) in [6.45, 7) is 2.60. The van der Waals surface area contributed by atoms with E-state index in [2.05, 4.69) is 0 Å². The standard InChI is InChI=1S/C5H11NO.C3H8O2.Y/c6-4-1-2-5(7)3-4;1-3(2,4)5;/h4-5,7H,1-3,6H2;4-5H,1-2H3;. The number of hydrogen-bond donors (Lipinski definition) is 4. The minimum atomic E-state index is -1.50. The molecule has 2 unspecified atom stereocenters. The molecule has 0 aromatic heterocycles. The second-order valence-corrected chi connectivity index (χ2v) is 3.72. The molecule has 0 saturated heterocycles. The van der Waals surface area contributed by atoms with Gasteiger partial charge in [-0.3, -0.25) is 0 Å². The molecule has 0 amide bonds. The molecular weight excluding hydrogens is 247 g/mol. The fraction of sp³-hybridized carbons (Fsp3) is 1.00. The first-order valence-corrected chi connectivity index (χ1v) is 4.17. The second-order valence-electron chi connectivity index (χ2n) is 3.72. The molecule has 2 atom stereocenters. The molecule has 1 rings (SSSR count). The molecule has 0 aliphatic heterocycles. The van der Waals surface area contributed by atoms with Gasteiger partial charge in [-0.1, -0.05) is 0 Å². The van der Waals surface area contributed by atoms with Crippen LogP contribution in [-0.2, 0) is 32.7 Å². The summed E-state index contributed by atoms with van der Waals surface area (Å²) in [6.07, 6.45) is 2.61. The first-order chi connectivity index (χ1) is 5.29. The summed E-state index contributed by atoms with van der Waals surface area (Å²) in [5.41, 5.74) is 5.47. The minimum Gasteiger partial charge on any atom is -0.393 e. The second kappa shape index (κ2) is 7.26. The summed E-state index contributed by atoms with van der Waals surface area (Å²) in [4.78, 5) is 0. The van der Waals surface area contributed by atoms with E-state index in [1.54, 1.807) is 0 Å². The predicted octanol–water partition coefficient (Wildman–Crippen LogP) is -0.437. The molecule has 1 radical (unpaired) electrons. The monoisotopic (exact) mass is 266 g/mol. The zero-order chi connectivity index (χ0) is 9.78. The van der Waals surface area contributed by atoms with Gasteiger partial charge in [0, 0.05) is 38.8 Å². The molecule has 1 saturated carbocycles. The Morgan fingerprint density at radius 1 is 1.23 bits per heavy atom. The van der Waals surface area contributed by atoms with Gasteiger partial charge in [0.1, 0.15) is 0 Å². The number of rotatable bonds is 0. The zero-order valence-electron chi connectivity index (χ0n) is 8.27. The molecule has 77 valence electrons. The van der Waals surface area contributed by atoms with Crippen LogP contribution in [0.2, 0.25) is 0 Å². The topological polar surface area (TPSA) is 86.7 Å². The van der Waals surface area contributed by atoms with Gasteiger partial charge < -0.3 is 21.1 Å². The average molecular weight is 266 g/mol. The summed E-state index contributed by atoms with van der Waals surface area (Å²) < 4.78 is 0. The Kier molecular flexibility index (Phi) is 9.15. The van der Waals surface area contributed by atoms with E-state index in [1.807, 2.05) is 0 Å². The van der Waals surface area contributed by atoms with Crippen LogP contribution in [0, 0.1) is 0 Å². The fourth-order valence-electron chi connectivity index (χ4n) is 0.992. The van der Waals surface area contributed by atoms with Gasteiger partial charge in [-0.15, -0.1) is 0 Å². The Morgan fingerprint density at radius 3 is 1.69 bits per heavy atom. The number of aliphatic hydroxyl groups excluding tert-OH is 1. The molecule has 0 aromatic rings. The normalized spacial score (nSPS) is 27.2. The van der Waals surface area contributed by atoms with Crippen molar-refractivity contribution in [1.82, 2.24) is 0 Å². The molecule has 0 heterocycles. The molecule has 1 fully saturated rings. The average Bonchev–Trinajstić information content (AvgIpc) is 2.09. The van der Waals surface area contributed by atoms with E-state index in [-0.39, 0.29) is 44.9 Å². The number of hydrogen-bond acceptors (Lipinski definition) is 4. The largest absolute Gasteiger partial charge is 0.393 e. The summed E-state index contributed by atoms with van der Waals surface area (Å²) >= 11 is 0. The maximum atomic E-state index is 8.82. The Labute approximate surface area is 104 Å². The maximum Gasteiger partial charge on any atom is 0.156 e. The maximum absolute atomic E-state index is 8.82. The van der Waals surface area contributed by atoms with Crippen LogP contribution in [0.1, 0.15) is 33.1 Å². The fourth-order valence-corrected chi connectivity index (χ4v) is 0.992. The first kappa shape index (κ1) is 16.4. The van der Waals surface area contributed by atoms with E-state index in [4.69, 9.17) is 21.1 Å². The van der Waals surface area contributed by atoms with Crippen LogP contribution in [0.3, 0.4) is 0 Å². The number of nitrogens with two attached hydrogens (primary N) is 1. The third-order valence-corrected chi connectivity index (χ3v) is 1.45. The van der Waals surface area contributed by atoms with Gasteiger partial charge in [0.05, 0.1) is 6.10 Å². The van der Waals surface area contributed by atoms with Crippen LogP contribution >= 0.6 is 0 Å². The summed E-state index contributed by atoms with van der Waals surface area (Å²) in [5, 5.41) is 25.0. The van der Waals surface area contributed by atoms with Gasteiger partial charge in [0.25, 0.3) is 0 Å². The van der Waals surface area contributed by atoms with Crippen molar-refractivity contribution >= 4 is 0 Å². The van der Waals surface area contributed by atoms with Gasteiger partial charge in [-0.2, -0.15) is 0 Å².